The van der Waals surface area contributed by atoms with Crippen molar-refractivity contribution in [2.45, 2.75) is 13.5 Å². The molecule has 22 heavy (non-hydrogen) atoms. The van der Waals surface area contributed by atoms with Crippen LogP contribution in [-0.2, 0) is 13.6 Å². The Hall–Kier alpha value is -2.88. The first-order valence-electron chi connectivity index (χ1n) is 6.60. The second-order valence-corrected chi connectivity index (χ2v) is 4.59. The average Bonchev–Trinajstić information content (AvgIpc) is 2.49. The molecule has 6 nitrogen and oxygen atoms in total. The van der Waals surface area contributed by atoms with Crippen LogP contribution in [0.25, 0.3) is 0 Å². The van der Waals surface area contributed by atoms with Crippen molar-refractivity contribution in [3.8, 4) is 11.9 Å². The lowest BCUT2D eigenvalue weighted by Gasteiger charge is -2.14. The van der Waals surface area contributed by atoms with Gasteiger partial charge in [-0.05, 0) is 30.7 Å². The van der Waals surface area contributed by atoms with Gasteiger partial charge in [-0.25, -0.2) is 9.18 Å². The zero-order valence-electron chi connectivity index (χ0n) is 12.2. The van der Waals surface area contributed by atoms with Crippen LogP contribution in [0.3, 0.4) is 0 Å². The molecule has 0 amide bonds. The first kappa shape index (κ1) is 15.5. The molecule has 0 spiro atoms. The van der Waals surface area contributed by atoms with Gasteiger partial charge in [0.05, 0.1) is 30.9 Å². The third-order valence-corrected chi connectivity index (χ3v) is 3.17. The minimum absolute atomic E-state index is 0.0665. The third kappa shape index (κ3) is 2.91. The van der Waals surface area contributed by atoms with Gasteiger partial charge in [0.2, 0.25) is 5.88 Å². The number of nitrogens with zero attached hydrogens (tertiary/aromatic N) is 3. The molecule has 0 aliphatic rings. The molecule has 0 atom stereocenters. The van der Waals surface area contributed by atoms with Gasteiger partial charge < -0.3 is 4.74 Å². The number of halogens is 1. The maximum absolute atomic E-state index is 13.4. The molecule has 0 unspecified atom stereocenters. The molecule has 114 valence electrons. The smallest absolute Gasteiger partial charge is 0.333 e. The number of benzene rings is 1. The van der Waals surface area contributed by atoms with Crippen LogP contribution in [-0.4, -0.2) is 15.7 Å². The van der Waals surface area contributed by atoms with Gasteiger partial charge in [0.25, 0.3) is 5.56 Å². The Balaban J connectivity index is 2.61. The van der Waals surface area contributed by atoms with E-state index in [9.17, 15) is 14.0 Å². The molecule has 0 aliphatic heterocycles. The zero-order chi connectivity index (χ0) is 16.3. The summed E-state index contributed by atoms with van der Waals surface area (Å²) in [6.07, 6.45) is 0. The molecule has 1 aromatic heterocycles. The van der Waals surface area contributed by atoms with Crippen molar-refractivity contribution in [1.29, 1.82) is 5.26 Å². The molecule has 0 bridgehead atoms. The quantitative estimate of drug-likeness (QED) is 0.844. The zero-order valence-corrected chi connectivity index (χ0v) is 12.2. The van der Waals surface area contributed by atoms with Crippen molar-refractivity contribution < 1.29 is 9.13 Å². The molecule has 0 N–H and O–H groups in total. The summed E-state index contributed by atoms with van der Waals surface area (Å²) in [5.74, 6) is -0.423. The molecule has 0 fully saturated rings. The van der Waals surface area contributed by atoms with Gasteiger partial charge in [0.1, 0.15) is 5.82 Å². The van der Waals surface area contributed by atoms with E-state index in [1.807, 2.05) is 6.07 Å². The highest BCUT2D eigenvalue weighted by molar-refractivity contribution is 5.38. The Morgan fingerprint density at radius 2 is 2.05 bits per heavy atom. The third-order valence-electron chi connectivity index (χ3n) is 3.17. The number of rotatable bonds is 4. The fraction of sp³-hybridized carbons (Fsp3) is 0.267. The first-order valence-corrected chi connectivity index (χ1v) is 6.60. The minimum atomic E-state index is -0.593. The van der Waals surface area contributed by atoms with E-state index in [4.69, 9.17) is 10.00 Å². The van der Waals surface area contributed by atoms with Gasteiger partial charge in [0.15, 0.2) is 0 Å². The summed E-state index contributed by atoms with van der Waals surface area (Å²) in [5, 5.41) is 9.08. The Morgan fingerprint density at radius 3 is 2.68 bits per heavy atom. The van der Waals surface area contributed by atoms with Gasteiger partial charge in [0, 0.05) is 7.05 Å². The highest BCUT2D eigenvalue weighted by Crippen LogP contribution is 2.14. The van der Waals surface area contributed by atoms with Crippen molar-refractivity contribution in [3.05, 3.63) is 62.0 Å². The van der Waals surface area contributed by atoms with E-state index in [-0.39, 0.29) is 24.6 Å². The summed E-state index contributed by atoms with van der Waals surface area (Å²) >= 11 is 0. The van der Waals surface area contributed by atoms with Crippen molar-refractivity contribution in [3.63, 3.8) is 0 Å². The summed E-state index contributed by atoms with van der Waals surface area (Å²) in [7, 11) is 1.34. The predicted octanol–water partition coefficient (Wildman–Crippen LogP) is 1.00. The van der Waals surface area contributed by atoms with Gasteiger partial charge in [-0.3, -0.25) is 13.9 Å². The predicted molar refractivity (Wildman–Crippen MR) is 77.3 cm³/mol. The van der Waals surface area contributed by atoms with Gasteiger partial charge in [-0.1, -0.05) is 0 Å². The van der Waals surface area contributed by atoms with E-state index >= 15 is 0 Å². The highest BCUT2D eigenvalue weighted by Gasteiger charge is 2.13. The van der Waals surface area contributed by atoms with Crippen molar-refractivity contribution in [1.82, 2.24) is 9.13 Å². The van der Waals surface area contributed by atoms with E-state index < -0.39 is 17.1 Å². The molecule has 2 rings (SSSR count). The fourth-order valence-electron chi connectivity index (χ4n) is 2.04. The Kier molecular flexibility index (Phi) is 4.41. The van der Waals surface area contributed by atoms with Gasteiger partial charge in [-0.2, -0.15) is 5.26 Å². The number of hydrogen-bond acceptors (Lipinski definition) is 4. The standard InChI is InChI=1S/C15H14FN3O3/c1-3-22-14-7-13(20)18(2)15(21)19(14)9-11-6-12(16)5-4-10(11)8-17/h4-7H,3,9H2,1-2H3. The van der Waals surface area contributed by atoms with E-state index in [2.05, 4.69) is 0 Å². The van der Waals surface area contributed by atoms with Gasteiger partial charge in [-0.15, -0.1) is 0 Å². The largest absolute Gasteiger partial charge is 0.479 e. The fourth-order valence-corrected chi connectivity index (χ4v) is 2.04. The lowest BCUT2D eigenvalue weighted by atomic mass is 10.1. The van der Waals surface area contributed by atoms with Crippen LogP contribution < -0.4 is 16.0 Å². The number of nitriles is 1. The maximum Gasteiger partial charge on any atom is 0.333 e. The molecule has 1 heterocycles. The monoisotopic (exact) mass is 303 g/mol. The van der Waals surface area contributed by atoms with E-state index in [1.165, 1.54) is 35.9 Å². The lowest BCUT2D eigenvalue weighted by Crippen LogP contribution is -2.38. The Bertz CT molecular complexity index is 862. The number of ether oxygens (including phenoxy) is 1. The van der Waals surface area contributed by atoms with E-state index in [0.717, 1.165) is 4.57 Å². The molecule has 0 aliphatic carbocycles. The molecule has 0 saturated heterocycles. The summed E-state index contributed by atoms with van der Waals surface area (Å²) in [6, 6.07) is 6.85. The molecule has 0 saturated carbocycles. The van der Waals surface area contributed by atoms with Crippen LogP contribution in [0.4, 0.5) is 4.39 Å². The Morgan fingerprint density at radius 1 is 1.32 bits per heavy atom. The highest BCUT2D eigenvalue weighted by atomic mass is 19.1. The second-order valence-electron chi connectivity index (χ2n) is 4.59. The molecular weight excluding hydrogens is 289 g/mol. The molecule has 2 aromatic rings. The molecule has 0 radical (unpaired) electrons. The number of aromatic nitrogens is 2. The summed E-state index contributed by atoms with van der Waals surface area (Å²) < 4.78 is 20.8. The van der Waals surface area contributed by atoms with Crippen LogP contribution in [0.15, 0.2) is 33.9 Å². The Labute approximate surface area is 125 Å². The maximum atomic E-state index is 13.4. The van der Waals surface area contributed by atoms with E-state index in [1.54, 1.807) is 6.92 Å². The average molecular weight is 303 g/mol. The van der Waals surface area contributed by atoms with Crippen molar-refractivity contribution in [2.24, 2.45) is 7.05 Å². The SMILES string of the molecule is CCOc1cc(=O)n(C)c(=O)n1Cc1cc(F)ccc1C#N. The summed E-state index contributed by atoms with van der Waals surface area (Å²) in [4.78, 5) is 23.9. The minimum Gasteiger partial charge on any atom is -0.479 e. The molecule has 7 heteroatoms. The topological polar surface area (TPSA) is 77.0 Å². The summed E-state index contributed by atoms with van der Waals surface area (Å²) in [6.45, 7) is 1.92. The van der Waals surface area contributed by atoms with Crippen molar-refractivity contribution in [2.75, 3.05) is 6.61 Å². The van der Waals surface area contributed by atoms with Crippen molar-refractivity contribution >= 4 is 0 Å². The molecular formula is C15H14FN3O3. The van der Waals surface area contributed by atoms with Crippen LogP contribution in [0, 0.1) is 17.1 Å². The van der Waals surface area contributed by atoms with Gasteiger partial charge >= 0.3 is 5.69 Å². The normalized spacial score (nSPS) is 10.3. The number of hydrogen-bond donors (Lipinski definition) is 0. The van der Waals surface area contributed by atoms with Crippen LogP contribution in [0.1, 0.15) is 18.1 Å². The first-order chi connectivity index (χ1) is 10.5. The van der Waals surface area contributed by atoms with E-state index in [0.29, 0.717) is 5.56 Å². The second kappa shape index (κ2) is 6.26. The van der Waals surface area contributed by atoms with Crippen LogP contribution >= 0.6 is 0 Å². The summed E-state index contributed by atoms with van der Waals surface area (Å²) in [5.41, 5.74) is -0.498. The van der Waals surface area contributed by atoms with Crippen LogP contribution in [0.2, 0.25) is 0 Å². The van der Waals surface area contributed by atoms with Crippen LogP contribution in [0.5, 0.6) is 5.88 Å². The lowest BCUT2D eigenvalue weighted by molar-refractivity contribution is 0.302. The molecule has 1 aromatic carbocycles.